The Kier molecular flexibility index (Phi) is 5.09. The van der Waals surface area contributed by atoms with Crippen LogP contribution in [0.4, 0.5) is 0 Å². The van der Waals surface area contributed by atoms with Gasteiger partial charge in [0.15, 0.2) is 0 Å². The van der Waals surface area contributed by atoms with Gasteiger partial charge in [0, 0.05) is 24.3 Å². The number of amides is 2. The summed E-state index contributed by atoms with van der Waals surface area (Å²) in [6, 6.07) is -0.867. The molecule has 22 heavy (non-hydrogen) atoms. The lowest BCUT2D eigenvalue weighted by atomic mass is 9.92. The van der Waals surface area contributed by atoms with Gasteiger partial charge in [0.2, 0.25) is 11.8 Å². The molecule has 3 N–H and O–H groups in total. The number of piperidine rings is 1. The maximum Gasteiger partial charge on any atom is 0.241 e. The van der Waals surface area contributed by atoms with E-state index in [0.717, 1.165) is 25.1 Å². The first-order chi connectivity index (χ1) is 10.2. The first-order valence-electron chi connectivity index (χ1n) is 7.82. The molecule has 2 heterocycles. The number of nitrogens with two attached hydrogens (primary N) is 1. The molecule has 2 rings (SSSR count). The van der Waals surface area contributed by atoms with Gasteiger partial charge in [0.25, 0.3) is 0 Å². The van der Waals surface area contributed by atoms with Crippen LogP contribution in [-0.2, 0) is 9.59 Å². The molecule has 0 aliphatic carbocycles. The summed E-state index contributed by atoms with van der Waals surface area (Å²) in [5.41, 5.74) is 5.24. The normalized spacial score (nSPS) is 27.3. The van der Waals surface area contributed by atoms with Crippen LogP contribution in [0.1, 0.15) is 33.6 Å². The van der Waals surface area contributed by atoms with E-state index in [0.29, 0.717) is 13.1 Å². The number of likely N-dealkylation sites (tertiary alicyclic amines) is 1. The van der Waals surface area contributed by atoms with Crippen molar-refractivity contribution in [1.82, 2.24) is 9.80 Å². The zero-order valence-electron chi connectivity index (χ0n) is 13.7. The van der Waals surface area contributed by atoms with E-state index in [2.05, 4.69) is 0 Å². The quantitative estimate of drug-likeness (QED) is 0.758. The second-order valence-corrected chi connectivity index (χ2v) is 8.61. The molecule has 2 aliphatic rings. The number of hydrogen-bond acceptors (Lipinski definition) is 5. The third kappa shape index (κ3) is 3.26. The van der Waals surface area contributed by atoms with Crippen molar-refractivity contribution >= 4 is 23.6 Å². The summed E-state index contributed by atoms with van der Waals surface area (Å²) in [5.74, 6) is 0.811. The van der Waals surface area contributed by atoms with E-state index in [1.807, 2.05) is 25.7 Å². The van der Waals surface area contributed by atoms with Crippen molar-refractivity contribution < 1.29 is 14.7 Å². The van der Waals surface area contributed by atoms with Crippen molar-refractivity contribution in [2.75, 3.05) is 32.0 Å². The monoisotopic (exact) mass is 329 g/mol. The van der Waals surface area contributed by atoms with E-state index in [4.69, 9.17) is 10.8 Å². The Morgan fingerprint density at radius 1 is 1.36 bits per heavy atom. The first-order valence-corrected chi connectivity index (χ1v) is 8.81. The molecule has 126 valence electrons. The summed E-state index contributed by atoms with van der Waals surface area (Å²) in [4.78, 5) is 28.4. The van der Waals surface area contributed by atoms with Gasteiger partial charge in [0.05, 0.1) is 13.2 Å². The fourth-order valence-corrected chi connectivity index (χ4v) is 4.66. The zero-order chi connectivity index (χ0) is 16.5. The minimum Gasteiger partial charge on any atom is -0.394 e. The van der Waals surface area contributed by atoms with Crippen molar-refractivity contribution in [3.8, 4) is 0 Å². The topological polar surface area (TPSA) is 86.9 Å². The smallest absolute Gasteiger partial charge is 0.241 e. The maximum absolute atomic E-state index is 12.8. The predicted molar refractivity (Wildman–Crippen MR) is 87.2 cm³/mol. The molecule has 1 spiro atoms. The fourth-order valence-electron chi connectivity index (χ4n) is 3.14. The lowest BCUT2D eigenvalue weighted by Gasteiger charge is -2.46. The number of rotatable bonds is 2. The van der Waals surface area contributed by atoms with Crippen LogP contribution in [0.3, 0.4) is 0 Å². The summed E-state index contributed by atoms with van der Waals surface area (Å²) in [6.07, 6.45) is 1.75. The molecule has 2 unspecified atom stereocenters. The molecule has 2 aliphatic heterocycles. The van der Waals surface area contributed by atoms with Crippen molar-refractivity contribution in [2.45, 2.75) is 44.5 Å². The Morgan fingerprint density at radius 2 is 2.05 bits per heavy atom. The molecule has 0 bridgehead atoms. The molecular formula is C15H27N3O3S. The molecule has 2 atom stereocenters. The Hall–Kier alpha value is -0.790. The molecule has 0 saturated carbocycles. The van der Waals surface area contributed by atoms with Gasteiger partial charge in [-0.05, 0) is 12.8 Å². The number of thioether (sulfide) groups is 1. The average Bonchev–Trinajstić information content (AvgIpc) is 2.86. The summed E-state index contributed by atoms with van der Waals surface area (Å²) >= 11 is 1.77. The minimum atomic E-state index is -0.867. The summed E-state index contributed by atoms with van der Waals surface area (Å²) in [5, 5.41) is 9.10. The Morgan fingerprint density at radius 3 is 2.64 bits per heavy atom. The van der Waals surface area contributed by atoms with E-state index < -0.39 is 11.5 Å². The minimum absolute atomic E-state index is 0.137. The molecule has 2 fully saturated rings. The largest absolute Gasteiger partial charge is 0.394 e. The van der Waals surface area contributed by atoms with Crippen LogP contribution in [-0.4, -0.2) is 69.6 Å². The zero-order valence-corrected chi connectivity index (χ0v) is 14.5. The van der Waals surface area contributed by atoms with Gasteiger partial charge in [-0.25, -0.2) is 0 Å². The highest BCUT2D eigenvalue weighted by Gasteiger charge is 2.49. The Labute approximate surface area is 136 Å². The number of carbonyl (C=O) groups excluding carboxylic acids is 2. The lowest BCUT2D eigenvalue weighted by molar-refractivity contribution is -0.146. The molecule has 0 aromatic carbocycles. The van der Waals surface area contributed by atoms with Gasteiger partial charge < -0.3 is 20.6 Å². The van der Waals surface area contributed by atoms with Gasteiger partial charge in [-0.3, -0.25) is 9.59 Å². The predicted octanol–water partition coefficient (Wildman–Crippen LogP) is 0.246. The third-order valence-corrected chi connectivity index (χ3v) is 5.80. The van der Waals surface area contributed by atoms with Crippen LogP contribution in [0.15, 0.2) is 0 Å². The highest BCUT2D eigenvalue weighted by molar-refractivity contribution is 8.00. The highest BCUT2D eigenvalue weighted by atomic mass is 32.2. The van der Waals surface area contributed by atoms with Crippen LogP contribution >= 0.6 is 11.8 Å². The molecule has 6 nitrogen and oxygen atoms in total. The first kappa shape index (κ1) is 17.6. The number of aliphatic hydroxyl groups excluding tert-OH is 1. The average molecular weight is 329 g/mol. The van der Waals surface area contributed by atoms with E-state index in [1.165, 1.54) is 0 Å². The second kappa shape index (κ2) is 6.37. The SMILES string of the molecule is CC(C)(C)C(=O)N1CCSC12CCCN(C(=O)C(N)CO)C2. The van der Waals surface area contributed by atoms with Crippen molar-refractivity contribution in [1.29, 1.82) is 0 Å². The standard InChI is InChI=1S/C15H27N3O3S/c1-14(2,3)13(21)18-7-8-22-15(18)5-4-6-17(10-15)12(20)11(16)9-19/h11,19H,4-10,16H2,1-3H3. The number of hydrogen-bond donors (Lipinski definition) is 2. The van der Waals surface area contributed by atoms with Crippen molar-refractivity contribution in [3.05, 3.63) is 0 Å². The van der Waals surface area contributed by atoms with E-state index in [1.54, 1.807) is 16.7 Å². The van der Waals surface area contributed by atoms with Gasteiger partial charge in [-0.15, -0.1) is 11.8 Å². The van der Waals surface area contributed by atoms with Crippen molar-refractivity contribution in [2.24, 2.45) is 11.1 Å². The van der Waals surface area contributed by atoms with Crippen LogP contribution < -0.4 is 5.73 Å². The number of aliphatic hydroxyl groups is 1. The lowest BCUT2D eigenvalue weighted by Crippen LogP contribution is -2.60. The van der Waals surface area contributed by atoms with Crippen LogP contribution in [0.2, 0.25) is 0 Å². The van der Waals surface area contributed by atoms with E-state index in [-0.39, 0.29) is 23.3 Å². The molecule has 2 saturated heterocycles. The molecular weight excluding hydrogens is 302 g/mol. The fraction of sp³-hybridized carbons (Fsp3) is 0.867. The number of nitrogens with zero attached hydrogens (tertiary/aromatic N) is 2. The second-order valence-electron chi connectivity index (χ2n) is 7.15. The molecule has 0 aromatic rings. The summed E-state index contributed by atoms with van der Waals surface area (Å²) in [7, 11) is 0. The highest BCUT2D eigenvalue weighted by Crippen LogP contribution is 2.44. The molecule has 0 radical (unpaired) electrons. The Bertz CT molecular complexity index is 452. The third-order valence-electron chi connectivity index (χ3n) is 4.32. The Balaban J connectivity index is 2.18. The summed E-state index contributed by atoms with van der Waals surface area (Å²) < 4.78 is 0. The molecule has 0 aromatic heterocycles. The molecule has 7 heteroatoms. The number of carbonyl (C=O) groups is 2. The van der Waals surface area contributed by atoms with Gasteiger partial charge in [-0.1, -0.05) is 20.8 Å². The van der Waals surface area contributed by atoms with E-state index >= 15 is 0 Å². The van der Waals surface area contributed by atoms with E-state index in [9.17, 15) is 9.59 Å². The van der Waals surface area contributed by atoms with Crippen LogP contribution in [0.25, 0.3) is 0 Å². The van der Waals surface area contributed by atoms with Crippen LogP contribution in [0, 0.1) is 5.41 Å². The maximum atomic E-state index is 12.8. The van der Waals surface area contributed by atoms with Gasteiger partial charge in [-0.2, -0.15) is 0 Å². The van der Waals surface area contributed by atoms with Crippen LogP contribution in [0.5, 0.6) is 0 Å². The summed E-state index contributed by atoms with van der Waals surface area (Å²) in [6.45, 7) is 7.33. The van der Waals surface area contributed by atoms with Crippen molar-refractivity contribution in [3.63, 3.8) is 0 Å². The molecule has 2 amide bonds. The van der Waals surface area contributed by atoms with Gasteiger partial charge in [0.1, 0.15) is 10.9 Å². The van der Waals surface area contributed by atoms with Gasteiger partial charge >= 0.3 is 0 Å².